The standard InChI is InChI=1S/C19H18ClNO9/c20-11-6-7-13(12(8-11)21(26)27)29-16-14(22)15(23)19(30-17(16)18(24)25)28-9-10-4-2-1-3-5-10/h1-8,14-17,19,22-23H,9H2,(H,24,25)/t14-,15-,16+,17+,19-/m1/s1. The van der Waals surface area contributed by atoms with Gasteiger partial charge < -0.3 is 29.5 Å². The van der Waals surface area contributed by atoms with Gasteiger partial charge in [-0.2, -0.15) is 0 Å². The average Bonchev–Trinajstić information content (AvgIpc) is 2.72. The molecule has 0 aliphatic carbocycles. The Morgan fingerprint density at radius 1 is 1.17 bits per heavy atom. The molecule has 5 atom stereocenters. The Bertz CT molecular complexity index is 910. The predicted octanol–water partition coefficient (Wildman–Crippen LogP) is 1.74. The van der Waals surface area contributed by atoms with Crippen molar-refractivity contribution in [3.8, 4) is 5.75 Å². The van der Waals surface area contributed by atoms with Gasteiger partial charge in [0.1, 0.15) is 12.2 Å². The summed E-state index contributed by atoms with van der Waals surface area (Å²) in [5.74, 6) is -1.84. The van der Waals surface area contributed by atoms with Crippen LogP contribution in [0.4, 0.5) is 5.69 Å². The summed E-state index contributed by atoms with van der Waals surface area (Å²) in [6.45, 7) is -0.00416. The SMILES string of the molecule is O=C(O)[C@H]1O[C@@H](OCc2ccccc2)[C@H](O)[C@@H](O)[C@@H]1Oc1ccc(Cl)cc1[N+](=O)[O-]. The summed E-state index contributed by atoms with van der Waals surface area (Å²) in [5, 5.41) is 41.6. The highest BCUT2D eigenvalue weighted by atomic mass is 35.5. The summed E-state index contributed by atoms with van der Waals surface area (Å²) in [6, 6.07) is 12.3. The van der Waals surface area contributed by atoms with Crippen molar-refractivity contribution >= 4 is 23.3 Å². The maximum Gasteiger partial charge on any atom is 0.336 e. The number of nitro benzene ring substituents is 1. The molecule has 1 aliphatic heterocycles. The summed E-state index contributed by atoms with van der Waals surface area (Å²) in [7, 11) is 0. The molecule has 160 valence electrons. The van der Waals surface area contributed by atoms with Gasteiger partial charge in [0, 0.05) is 11.1 Å². The van der Waals surface area contributed by atoms with E-state index in [0.29, 0.717) is 0 Å². The number of ether oxygens (including phenoxy) is 3. The van der Waals surface area contributed by atoms with Crippen molar-refractivity contribution in [1.82, 2.24) is 0 Å². The molecule has 3 rings (SSSR count). The zero-order valence-corrected chi connectivity index (χ0v) is 16.1. The molecule has 0 unspecified atom stereocenters. The highest BCUT2D eigenvalue weighted by Gasteiger charge is 2.50. The minimum atomic E-state index is -1.77. The van der Waals surface area contributed by atoms with Crippen molar-refractivity contribution in [1.29, 1.82) is 0 Å². The lowest BCUT2D eigenvalue weighted by Gasteiger charge is -2.40. The van der Waals surface area contributed by atoms with Crippen molar-refractivity contribution in [2.75, 3.05) is 0 Å². The molecule has 2 aromatic carbocycles. The number of carbonyl (C=O) groups is 1. The molecule has 1 heterocycles. The van der Waals surface area contributed by atoms with Crippen LogP contribution in [0.15, 0.2) is 48.5 Å². The second-order valence-corrected chi connectivity index (χ2v) is 6.93. The van der Waals surface area contributed by atoms with Crippen LogP contribution in [0, 0.1) is 10.1 Å². The van der Waals surface area contributed by atoms with Crippen LogP contribution in [-0.2, 0) is 20.9 Å². The van der Waals surface area contributed by atoms with E-state index in [1.807, 2.05) is 0 Å². The van der Waals surface area contributed by atoms with Crippen LogP contribution >= 0.6 is 11.6 Å². The summed E-state index contributed by atoms with van der Waals surface area (Å²) >= 11 is 5.75. The summed E-state index contributed by atoms with van der Waals surface area (Å²) in [4.78, 5) is 22.2. The van der Waals surface area contributed by atoms with Gasteiger partial charge in [0.2, 0.25) is 0 Å². The van der Waals surface area contributed by atoms with Gasteiger partial charge in [-0.15, -0.1) is 0 Å². The molecule has 0 aromatic heterocycles. The Kier molecular flexibility index (Phi) is 6.85. The summed E-state index contributed by atoms with van der Waals surface area (Å²) in [6.07, 6.45) is -8.30. The lowest BCUT2D eigenvalue weighted by atomic mass is 9.98. The normalized spacial score (nSPS) is 26.2. The molecular formula is C19H18ClNO9. The van der Waals surface area contributed by atoms with Gasteiger partial charge in [-0.25, -0.2) is 4.79 Å². The van der Waals surface area contributed by atoms with Gasteiger partial charge in [-0.3, -0.25) is 10.1 Å². The minimum absolute atomic E-state index is 0.00416. The van der Waals surface area contributed by atoms with Crippen LogP contribution in [0.3, 0.4) is 0 Å². The smallest absolute Gasteiger partial charge is 0.336 e. The van der Waals surface area contributed by atoms with Crippen LogP contribution in [-0.4, -0.2) is 56.9 Å². The minimum Gasteiger partial charge on any atom is -0.479 e. The number of benzene rings is 2. The van der Waals surface area contributed by atoms with Gasteiger partial charge in [-0.05, 0) is 17.7 Å². The first kappa shape index (κ1) is 21.9. The molecule has 3 N–H and O–H groups in total. The molecule has 0 saturated carbocycles. The van der Waals surface area contributed by atoms with E-state index in [0.717, 1.165) is 17.7 Å². The fourth-order valence-corrected chi connectivity index (χ4v) is 3.10. The second-order valence-electron chi connectivity index (χ2n) is 6.49. The number of nitro groups is 1. The number of halogens is 1. The van der Waals surface area contributed by atoms with E-state index in [9.17, 15) is 30.2 Å². The van der Waals surface area contributed by atoms with Crippen molar-refractivity contribution in [2.45, 2.75) is 37.3 Å². The number of hydrogen-bond acceptors (Lipinski definition) is 8. The van der Waals surface area contributed by atoms with E-state index in [1.165, 1.54) is 6.07 Å². The number of hydrogen-bond donors (Lipinski definition) is 3. The first-order chi connectivity index (χ1) is 14.3. The van der Waals surface area contributed by atoms with Crippen LogP contribution in [0.2, 0.25) is 5.02 Å². The number of aliphatic carboxylic acids is 1. The molecule has 2 aromatic rings. The fourth-order valence-electron chi connectivity index (χ4n) is 2.94. The molecule has 11 heteroatoms. The number of aliphatic hydroxyl groups excluding tert-OH is 2. The van der Waals surface area contributed by atoms with Gasteiger partial charge in [0.05, 0.1) is 11.5 Å². The van der Waals surface area contributed by atoms with Crippen LogP contribution in [0.1, 0.15) is 5.56 Å². The van der Waals surface area contributed by atoms with E-state index in [1.54, 1.807) is 30.3 Å². The quantitative estimate of drug-likeness (QED) is 0.433. The van der Waals surface area contributed by atoms with Gasteiger partial charge in [-0.1, -0.05) is 41.9 Å². The van der Waals surface area contributed by atoms with Crippen LogP contribution in [0.25, 0.3) is 0 Å². The van der Waals surface area contributed by atoms with Crippen molar-refractivity contribution in [2.24, 2.45) is 0 Å². The first-order valence-electron chi connectivity index (χ1n) is 8.78. The second kappa shape index (κ2) is 9.37. The molecule has 30 heavy (non-hydrogen) atoms. The van der Waals surface area contributed by atoms with E-state index < -0.39 is 47.3 Å². The molecule has 0 amide bonds. The number of aliphatic hydroxyl groups is 2. The Hall–Kier alpha value is -2.76. The molecule has 1 aliphatic rings. The number of carboxylic acid groups (broad SMARTS) is 1. The molecule has 1 fully saturated rings. The first-order valence-corrected chi connectivity index (χ1v) is 9.16. The highest BCUT2D eigenvalue weighted by Crippen LogP contribution is 2.34. The topological polar surface area (TPSA) is 149 Å². The van der Waals surface area contributed by atoms with E-state index in [4.69, 9.17) is 25.8 Å². The molecule has 0 radical (unpaired) electrons. The largest absolute Gasteiger partial charge is 0.479 e. The molecule has 0 bridgehead atoms. The van der Waals surface area contributed by atoms with Gasteiger partial charge in [0.15, 0.2) is 24.2 Å². The zero-order chi connectivity index (χ0) is 21.8. The predicted molar refractivity (Wildman–Crippen MR) is 102 cm³/mol. The number of nitrogens with zero attached hydrogens (tertiary/aromatic N) is 1. The Morgan fingerprint density at radius 2 is 1.87 bits per heavy atom. The third kappa shape index (κ3) is 4.86. The monoisotopic (exact) mass is 439 g/mol. The molecule has 1 saturated heterocycles. The van der Waals surface area contributed by atoms with E-state index >= 15 is 0 Å². The van der Waals surface area contributed by atoms with Crippen molar-refractivity contribution < 1.29 is 39.2 Å². The molecular weight excluding hydrogens is 422 g/mol. The van der Waals surface area contributed by atoms with E-state index in [-0.39, 0.29) is 17.4 Å². The Balaban J connectivity index is 1.79. The van der Waals surface area contributed by atoms with Crippen LogP contribution in [0.5, 0.6) is 5.75 Å². The zero-order valence-electron chi connectivity index (χ0n) is 15.3. The lowest BCUT2D eigenvalue weighted by Crippen LogP contribution is -2.62. The highest BCUT2D eigenvalue weighted by molar-refractivity contribution is 6.30. The molecule has 0 spiro atoms. The van der Waals surface area contributed by atoms with Crippen LogP contribution < -0.4 is 4.74 Å². The van der Waals surface area contributed by atoms with Gasteiger partial charge >= 0.3 is 11.7 Å². The maximum atomic E-state index is 11.7. The number of rotatable bonds is 7. The van der Waals surface area contributed by atoms with Crippen molar-refractivity contribution in [3.05, 3.63) is 69.2 Å². The lowest BCUT2D eigenvalue weighted by molar-refractivity contribution is -0.386. The average molecular weight is 440 g/mol. The Morgan fingerprint density at radius 3 is 2.50 bits per heavy atom. The van der Waals surface area contributed by atoms with E-state index in [2.05, 4.69) is 0 Å². The third-order valence-electron chi connectivity index (χ3n) is 4.43. The van der Waals surface area contributed by atoms with Crippen molar-refractivity contribution in [3.63, 3.8) is 0 Å². The van der Waals surface area contributed by atoms with Gasteiger partial charge in [0.25, 0.3) is 0 Å². The summed E-state index contributed by atoms with van der Waals surface area (Å²) in [5.41, 5.74) is 0.209. The third-order valence-corrected chi connectivity index (χ3v) is 4.66. The maximum absolute atomic E-state index is 11.7. The Labute approximate surface area is 175 Å². The number of carboxylic acids is 1. The fraction of sp³-hybridized carbons (Fsp3) is 0.316. The summed E-state index contributed by atoms with van der Waals surface area (Å²) < 4.78 is 16.1. The molecule has 10 nitrogen and oxygen atoms in total.